The molecule has 84 valence electrons. The van der Waals surface area contributed by atoms with E-state index in [4.69, 9.17) is 9.47 Å². The van der Waals surface area contributed by atoms with Gasteiger partial charge in [-0.2, -0.15) is 11.8 Å². The standard InChI is InChI=1S/C9H19NO3S/c1-4-12-9(13-5-2)6-10-8(11)7-14-3/h9H,4-7H2,1-3H3,(H,10,11). The lowest BCUT2D eigenvalue weighted by molar-refractivity contribution is -0.139. The highest BCUT2D eigenvalue weighted by Gasteiger charge is 2.09. The summed E-state index contributed by atoms with van der Waals surface area (Å²) >= 11 is 1.49. The van der Waals surface area contributed by atoms with Gasteiger partial charge >= 0.3 is 0 Å². The molecule has 0 radical (unpaired) electrons. The highest BCUT2D eigenvalue weighted by Crippen LogP contribution is 1.94. The van der Waals surface area contributed by atoms with Crippen LogP contribution in [0.5, 0.6) is 0 Å². The maximum Gasteiger partial charge on any atom is 0.230 e. The first kappa shape index (κ1) is 13.7. The van der Waals surface area contributed by atoms with Crippen LogP contribution in [-0.2, 0) is 14.3 Å². The van der Waals surface area contributed by atoms with Crippen LogP contribution >= 0.6 is 11.8 Å². The second-order valence-corrected chi connectivity index (χ2v) is 3.44. The van der Waals surface area contributed by atoms with Gasteiger partial charge in [-0.25, -0.2) is 0 Å². The van der Waals surface area contributed by atoms with Crippen LogP contribution in [-0.4, -0.2) is 44.0 Å². The zero-order valence-electron chi connectivity index (χ0n) is 9.04. The molecule has 0 heterocycles. The lowest BCUT2D eigenvalue weighted by Crippen LogP contribution is -2.36. The van der Waals surface area contributed by atoms with Gasteiger partial charge in [0.15, 0.2) is 6.29 Å². The van der Waals surface area contributed by atoms with E-state index in [1.165, 1.54) is 11.8 Å². The van der Waals surface area contributed by atoms with Crippen LogP contribution in [0.2, 0.25) is 0 Å². The van der Waals surface area contributed by atoms with Crippen LogP contribution in [0.25, 0.3) is 0 Å². The minimum absolute atomic E-state index is 0.0157. The molecule has 0 spiro atoms. The van der Waals surface area contributed by atoms with Crippen LogP contribution in [0.1, 0.15) is 13.8 Å². The SMILES string of the molecule is CCOC(CNC(=O)CSC)OCC. The van der Waals surface area contributed by atoms with E-state index >= 15 is 0 Å². The van der Waals surface area contributed by atoms with Gasteiger partial charge in [0.2, 0.25) is 5.91 Å². The lowest BCUT2D eigenvalue weighted by Gasteiger charge is -2.17. The van der Waals surface area contributed by atoms with Gasteiger partial charge < -0.3 is 14.8 Å². The first-order valence-corrected chi connectivity index (χ1v) is 6.12. The number of thioether (sulfide) groups is 1. The highest BCUT2D eigenvalue weighted by atomic mass is 32.2. The molecule has 0 atom stereocenters. The molecule has 0 saturated heterocycles. The molecule has 0 fully saturated rings. The molecule has 5 heteroatoms. The molecule has 4 nitrogen and oxygen atoms in total. The average Bonchev–Trinajstić information content (AvgIpc) is 2.15. The molecule has 14 heavy (non-hydrogen) atoms. The molecule has 0 saturated carbocycles. The fraction of sp³-hybridized carbons (Fsp3) is 0.889. The van der Waals surface area contributed by atoms with Gasteiger partial charge in [0.1, 0.15) is 0 Å². The molecule has 0 unspecified atom stereocenters. The van der Waals surface area contributed by atoms with Crippen molar-refractivity contribution in [3.05, 3.63) is 0 Å². The Morgan fingerprint density at radius 1 is 1.36 bits per heavy atom. The summed E-state index contributed by atoms with van der Waals surface area (Å²) < 4.78 is 10.5. The Kier molecular flexibility index (Phi) is 9.13. The molecular formula is C9H19NO3S. The molecule has 0 aliphatic heterocycles. The van der Waals surface area contributed by atoms with Crippen molar-refractivity contribution >= 4 is 17.7 Å². The third-order valence-electron chi connectivity index (χ3n) is 1.45. The average molecular weight is 221 g/mol. The summed E-state index contributed by atoms with van der Waals surface area (Å²) in [6, 6.07) is 0. The Hall–Kier alpha value is -0.260. The summed E-state index contributed by atoms with van der Waals surface area (Å²) in [7, 11) is 0. The summed E-state index contributed by atoms with van der Waals surface area (Å²) in [5.41, 5.74) is 0. The molecular weight excluding hydrogens is 202 g/mol. The summed E-state index contributed by atoms with van der Waals surface area (Å²) in [5.74, 6) is 0.493. The maximum atomic E-state index is 11.1. The summed E-state index contributed by atoms with van der Waals surface area (Å²) in [5, 5.41) is 2.74. The van der Waals surface area contributed by atoms with Crippen molar-refractivity contribution in [2.24, 2.45) is 0 Å². The van der Waals surface area contributed by atoms with Crippen LogP contribution < -0.4 is 5.32 Å². The number of hydrogen-bond donors (Lipinski definition) is 1. The van der Waals surface area contributed by atoms with E-state index in [0.717, 1.165) is 0 Å². The summed E-state index contributed by atoms with van der Waals surface area (Å²) in [4.78, 5) is 11.1. The second-order valence-electron chi connectivity index (χ2n) is 2.58. The van der Waals surface area contributed by atoms with E-state index in [1.54, 1.807) is 0 Å². The zero-order chi connectivity index (χ0) is 10.8. The van der Waals surface area contributed by atoms with E-state index in [2.05, 4.69) is 5.32 Å². The number of carbonyl (C=O) groups excluding carboxylic acids is 1. The third-order valence-corrected chi connectivity index (χ3v) is 2.00. The van der Waals surface area contributed by atoms with E-state index < -0.39 is 0 Å². The molecule has 0 aromatic carbocycles. The predicted molar refractivity (Wildman–Crippen MR) is 58.4 cm³/mol. The normalized spacial score (nSPS) is 10.6. The molecule has 0 aliphatic rings. The van der Waals surface area contributed by atoms with E-state index in [9.17, 15) is 4.79 Å². The van der Waals surface area contributed by atoms with E-state index in [-0.39, 0.29) is 12.2 Å². The van der Waals surface area contributed by atoms with Gasteiger partial charge in [0.05, 0.1) is 12.3 Å². The van der Waals surface area contributed by atoms with Crippen molar-refractivity contribution in [2.75, 3.05) is 31.8 Å². The van der Waals surface area contributed by atoms with Crippen LogP contribution in [0.4, 0.5) is 0 Å². The van der Waals surface area contributed by atoms with Crippen LogP contribution in [0.3, 0.4) is 0 Å². The first-order chi connectivity index (χ1) is 6.74. The fourth-order valence-electron chi connectivity index (χ4n) is 0.917. The van der Waals surface area contributed by atoms with Crippen molar-refractivity contribution in [3.63, 3.8) is 0 Å². The Morgan fingerprint density at radius 2 is 1.93 bits per heavy atom. The van der Waals surface area contributed by atoms with Crippen molar-refractivity contribution in [1.82, 2.24) is 5.32 Å². The minimum atomic E-state index is -0.323. The number of rotatable bonds is 8. The minimum Gasteiger partial charge on any atom is -0.351 e. The van der Waals surface area contributed by atoms with Gasteiger partial charge in [-0.15, -0.1) is 0 Å². The van der Waals surface area contributed by atoms with Gasteiger partial charge in [-0.1, -0.05) is 0 Å². The molecule has 1 N–H and O–H groups in total. The number of carbonyl (C=O) groups is 1. The van der Waals surface area contributed by atoms with Gasteiger partial charge in [0.25, 0.3) is 0 Å². The number of amides is 1. The molecule has 0 bridgehead atoms. The monoisotopic (exact) mass is 221 g/mol. The van der Waals surface area contributed by atoms with E-state index in [0.29, 0.717) is 25.5 Å². The molecule has 0 aromatic rings. The molecule has 0 aromatic heterocycles. The van der Waals surface area contributed by atoms with Crippen LogP contribution in [0.15, 0.2) is 0 Å². The summed E-state index contributed by atoms with van der Waals surface area (Å²) in [6.45, 7) is 5.39. The zero-order valence-corrected chi connectivity index (χ0v) is 9.86. The van der Waals surface area contributed by atoms with Crippen molar-refractivity contribution in [1.29, 1.82) is 0 Å². The molecule has 0 rings (SSSR count). The quantitative estimate of drug-likeness (QED) is 0.618. The van der Waals surface area contributed by atoms with E-state index in [1.807, 2.05) is 20.1 Å². The molecule has 0 aliphatic carbocycles. The fourth-order valence-corrected chi connectivity index (χ4v) is 1.28. The van der Waals surface area contributed by atoms with Gasteiger partial charge in [-0.3, -0.25) is 4.79 Å². The lowest BCUT2D eigenvalue weighted by atomic mass is 10.5. The topological polar surface area (TPSA) is 47.6 Å². The number of hydrogen-bond acceptors (Lipinski definition) is 4. The third kappa shape index (κ3) is 7.17. The van der Waals surface area contributed by atoms with Gasteiger partial charge in [-0.05, 0) is 20.1 Å². The Morgan fingerprint density at radius 3 is 2.36 bits per heavy atom. The second kappa shape index (κ2) is 9.30. The smallest absolute Gasteiger partial charge is 0.230 e. The maximum absolute atomic E-state index is 11.1. The van der Waals surface area contributed by atoms with Crippen molar-refractivity contribution in [2.45, 2.75) is 20.1 Å². The largest absolute Gasteiger partial charge is 0.351 e. The van der Waals surface area contributed by atoms with Gasteiger partial charge in [0, 0.05) is 13.2 Å². The predicted octanol–water partition coefficient (Wildman–Crippen LogP) is 0.865. The Labute approximate surface area is 89.7 Å². The molecule has 1 amide bonds. The Bertz CT molecular complexity index is 149. The van der Waals surface area contributed by atoms with Crippen molar-refractivity contribution in [3.8, 4) is 0 Å². The Balaban J connectivity index is 3.63. The number of nitrogens with one attached hydrogen (secondary N) is 1. The number of ether oxygens (including phenoxy) is 2. The van der Waals surface area contributed by atoms with Crippen molar-refractivity contribution < 1.29 is 14.3 Å². The highest BCUT2D eigenvalue weighted by molar-refractivity contribution is 7.99. The summed E-state index contributed by atoms with van der Waals surface area (Å²) in [6.07, 6.45) is 1.57. The first-order valence-electron chi connectivity index (χ1n) is 4.73. The van der Waals surface area contributed by atoms with Crippen LogP contribution in [0, 0.1) is 0 Å².